The molecule has 0 spiro atoms. The highest BCUT2D eigenvalue weighted by Gasteiger charge is 2.44. The van der Waals surface area contributed by atoms with Crippen LogP contribution >= 0.6 is 11.3 Å². The summed E-state index contributed by atoms with van der Waals surface area (Å²) in [6, 6.07) is 0. The molecule has 2 N–H and O–H groups in total. The number of primary amides is 1. The van der Waals surface area contributed by atoms with E-state index in [2.05, 4.69) is 0 Å². The standard InChI is InChI=1S/C16H22N2O3S/c1-15(2)8-9-11(13(17)20)14(18-7-5-6-10(18)19)22-12(9)16(3,4)21-15/h5-8H2,1-4H3,(H2,17,20). The van der Waals surface area contributed by atoms with E-state index in [1.54, 1.807) is 4.90 Å². The molecule has 2 aliphatic rings. The minimum Gasteiger partial charge on any atom is -0.365 e. The maximum absolute atomic E-state index is 12.1. The van der Waals surface area contributed by atoms with Crippen molar-refractivity contribution in [3.63, 3.8) is 0 Å². The fourth-order valence-electron chi connectivity index (χ4n) is 3.61. The molecule has 5 nitrogen and oxygen atoms in total. The summed E-state index contributed by atoms with van der Waals surface area (Å²) in [5.41, 5.74) is 6.27. The smallest absolute Gasteiger partial charge is 0.252 e. The van der Waals surface area contributed by atoms with Crippen LogP contribution in [-0.2, 0) is 21.6 Å². The Bertz CT molecular complexity index is 661. The molecule has 1 fully saturated rings. The van der Waals surface area contributed by atoms with Gasteiger partial charge in [-0.2, -0.15) is 0 Å². The molecule has 0 atom stereocenters. The van der Waals surface area contributed by atoms with Crippen LogP contribution in [0.1, 0.15) is 61.3 Å². The Morgan fingerprint density at radius 3 is 2.55 bits per heavy atom. The monoisotopic (exact) mass is 322 g/mol. The molecule has 6 heteroatoms. The SMILES string of the molecule is CC1(C)Cc2c(sc(N3CCCC3=O)c2C(N)=O)C(C)(C)O1. The maximum Gasteiger partial charge on any atom is 0.252 e. The van der Waals surface area contributed by atoms with Gasteiger partial charge in [-0.15, -0.1) is 11.3 Å². The summed E-state index contributed by atoms with van der Waals surface area (Å²) in [6.07, 6.45) is 1.99. The highest BCUT2D eigenvalue weighted by Crippen LogP contribution is 2.49. The highest BCUT2D eigenvalue weighted by molar-refractivity contribution is 7.17. The summed E-state index contributed by atoms with van der Waals surface area (Å²) in [5.74, 6) is -0.389. The van der Waals surface area contributed by atoms with E-state index in [0.717, 1.165) is 16.9 Å². The van der Waals surface area contributed by atoms with E-state index < -0.39 is 11.5 Å². The molecule has 1 aromatic heterocycles. The fourth-order valence-corrected chi connectivity index (χ4v) is 5.02. The first-order valence-electron chi connectivity index (χ1n) is 7.59. The van der Waals surface area contributed by atoms with Crippen molar-refractivity contribution in [2.75, 3.05) is 11.4 Å². The summed E-state index contributed by atoms with van der Waals surface area (Å²) in [7, 11) is 0. The van der Waals surface area contributed by atoms with Gasteiger partial charge in [-0.3, -0.25) is 9.59 Å². The van der Waals surface area contributed by atoms with E-state index in [9.17, 15) is 9.59 Å². The third-order valence-electron chi connectivity index (χ3n) is 4.23. The minimum absolute atomic E-state index is 0.0686. The fraction of sp³-hybridized carbons (Fsp3) is 0.625. The number of anilines is 1. The number of nitrogens with two attached hydrogens (primary N) is 1. The van der Waals surface area contributed by atoms with Gasteiger partial charge < -0.3 is 15.4 Å². The van der Waals surface area contributed by atoms with Gasteiger partial charge in [0.05, 0.1) is 16.8 Å². The normalized spacial score (nSPS) is 22.7. The van der Waals surface area contributed by atoms with Crippen molar-refractivity contribution >= 4 is 28.2 Å². The number of fused-ring (bicyclic) bond motifs is 1. The molecule has 0 unspecified atom stereocenters. The largest absolute Gasteiger partial charge is 0.365 e. The van der Waals surface area contributed by atoms with Crippen molar-refractivity contribution in [2.45, 2.75) is 58.2 Å². The Kier molecular flexibility index (Phi) is 3.38. The lowest BCUT2D eigenvalue weighted by atomic mass is 9.86. The van der Waals surface area contributed by atoms with Gasteiger partial charge in [-0.25, -0.2) is 0 Å². The molecule has 22 heavy (non-hydrogen) atoms. The number of amides is 2. The highest BCUT2D eigenvalue weighted by atomic mass is 32.1. The zero-order chi connectivity index (χ0) is 16.3. The van der Waals surface area contributed by atoms with Crippen molar-refractivity contribution in [2.24, 2.45) is 5.73 Å². The summed E-state index contributed by atoms with van der Waals surface area (Å²) >= 11 is 1.48. The summed E-state index contributed by atoms with van der Waals surface area (Å²) in [6.45, 7) is 8.69. The van der Waals surface area contributed by atoms with Crippen LogP contribution in [-0.4, -0.2) is 24.0 Å². The first kappa shape index (κ1) is 15.5. The summed E-state index contributed by atoms with van der Waals surface area (Å²) in [5, 5.41) is 0.703. The lowest BCUT2D eigenvalue weighted by Crippen LogP contribution is -2.42. The topological polar surface area (TPSA) is 72.6 Å². The Labute approximate surface area is 134 Å². The van der Waals surface area contributed by atoms with Gasteiger partial charge in [0.2, 0.25) is 5.91 Å². The third kappa shape index (κ3) is 2.34. The van der Waals surface area contributed by atoms with Crippen molar-refractivity contribution in [1.82, 2.24) is 0 Å². The van der Waals surface area contributed by atoms with Crippen molar-refractivity contribution < 1.29 is 14.3 Å². The van der Waals surface area contributed by atoms with Gasteiger partial charge in [-0.05, 0) is 39.7 Å². The van der Waals surface area contributed by atoms with E-state index in [4.69, 9.17) is 10.5 Å². The molecule has 2 aliphatic heterocycles. The third-order valence-corrected chi connectivity index (χ3v) is 5.79. The first-order chi connectivity index (χ1) is 10.1. The van der Waals surface area contributed by atoms with Crippen molar-refractivity contribution in [3.05, 3.63) is 16.0 Å². The molecule has 0 aromatic carbocycles. The molecule has 1 saturated heterocycles. The first-order valence-corrected chi connectivity index (χ1v) is 8.40. The Balaban J connectivity index is 2.20. The molecule has 3 rings (SSSR count). The van der Waals surface area contributed by atoms with Gasteiger partial charge >= 0.3 is 0 Å². The average molecular weight is 322 g/mol. The van der Waals surface area contributed by atoms with E-state index in [0.29, 0.717) is 30.0 Å². The number of thiophene rings is 1. The van der Waals surface area contributed by atoms with Gasteiger partial charge in [0.1, 0.15) is 5.00 Å². The second kappa shape index (κ2) is 4.80. The van der Waals surface area contributed by atoms with Crippen LogP contribution in [0, 0.1) is 0 Å². The zero-order valence-corrected chi connectivity index (χ0v) is 14.3. The van der Waals surface area contributed by atoms with E-state index in [1.807, 2.05) is 27.7 Å². The number of rotatable bonds is 2. The molecule has 120 valence electrons. The average Bonchev–Trinajstić information content (AvgIpc) is 2.89. The quantitative estimate of drug-likeness (QED) is 0.909. The Morgan fingerprint density at radius 1 is 1.32 bits per heavy atom. The number of carbonyl (C=O) groups excluding carboxylic acids is 2. The molecule has 0 saturated carbocycles. The molecule has 3 heterocycles. The maximum atomic E-state index is 12.1. The number of hydrogen-bond acceptors (Lipinski definition) is 4. The second-order valence-electron chi connectivity index (χ2n) is 7.15. The van der Waals surface area contributed by atoms with Crippen LogP contribution in [0.3, 0.4) is 0 Å². The molecule has 0 aliphatic carbocycles. The number of nitrogens with zero attached hydrogens (tertiary/aromatic N) is 1. The molecular formula is C16H22N2O3S. The van der Waals surface area contributed by atoms with E-state index in [-0.39, 0.29) is 11.5 Å². The summed E-state index contributed by atoms with van der Waals surface area (Å²) in [4.78, 5) is 26.9. The second-order valence-corrected chi connectivity index (χ2v) is 8.15. The molecular weight excluding hydrogens is 300 g/mol. The van der Waals surface area contributed by atoms with E-state index in [1.165, 1.54) is 11.3 Å². The predicted octanol–water partition coefficient (Wildman–Crippen LogP) is 2.56. The van der Waals surface area contributed by atoms with Crippen LogP contribution in [0.2, 0.25) is 0 Å². The van der Waals surface area contributed by atoms with Gasteiger partial charge in [0.25, 0.3) is 5.91 Å². The van der Waals surface area contributed by atoms with Crippen molar-refractivity contribution in [3.8, 4) is 0 Å². The Hall–Kier alpha value is -1.40. The lowest BCUT2D eigenvalue weighted by molar-refractivity contribution is -0.135. The van der Waals surface area contributed by atoms with Crippen LogP contribution in [0.15, 0.2) is 0 Å². The molecule has 0 radical (unpaired) electrons. The van der Waals surface area contributed by atoms with Gasteiger partial charge in [0.15, 0.2) is 0 Å². The Morgan fingerprint density at radius 2 is 2.00 bits per heavy atom. The minimum atomic E-state index is -0.493. The van der Waals surface area contributed by atoms with Crippen LogP contribution < -0.4 is 10.6 Å². The summed E-state index contributed by atoms with van der Waals surface area (Å²) < 4.78 is 6.18. The van der Waals surface area contributed by atoms with Gasteiger partial charge in [-0.1, -0.05) is 0 Å². The van der Waals surface area contributed by atoms with Crippen LogP contribution in [0.25, 0.3) is 0 Å². The van der Waals surface area contributed by atoms with Crippen LogP contribution in [0.4, 0.5) is 5.00 Å². The van der Waals surface area contributed by atoms with Crippen molar-refractivity contribution in [1.29, 1.82) is 0 Å². The molecule has 1 aromatic rings. The number of hydrogen-bond donors (Lipinski definition) is 1. The van der Waals surface area contributed by atoms with Gasteiger partial charge in [0, 0.05) is 24.3 Å². The number of carbonyl (C=O) groups is 2. The molecule has 2 amide bonds. The molecule has 0 bridgehead atoms. The zero-order valence-electron chi connectivity index (χ0n) is 13.5. The van der Waals surface area contributed by atoms with Crippen LogP contribution in [0.5, 0.6) is 0 Å². The predicted molar refractivity (Wildman–Crippen MR) is 86.3 cm³/mol. The van der Waals surface area contributed by atoms with E-state index >= 15 is 0 Å². The number of ether oxygens (including phenoxy) is 1. The lowest BCUT2D eigenvalue weighted by Gasteiger charge is -2.41.